The van der Waals surface area contributed by atoms with Crippen LogP contribution in [0.4, 0.5) is 5.82 Å². The van der Waals surface area contributed by atoms with E-state index in [-0.39, 0.29) is 0 Å². The number of aromatic amines is 1. The van der Waals surface area contributed by atoms with Crippen LogP contribution < -0.4 is 5.32 Å². The summed E-state index contributed by atoms with van der Waals surface area (Å²) >= 11 is 0. The number of rotatable bonds is 5. The molecule has 0 spiro atoms. The highest BCUT2D eigenvalue weighted by Gasteiger charge is 2.18. The Morgan fingerprint density at radius 2 is 2.21 bits per heavy atom. The molecule has 0 fully saturated rings. The van der Waals surface area contributed by atoms with Crippen LogP contribution in [-0.4, -0.2) is 32.1 Å². The molecule has 0 aliphatic carbocycles. The number of nitrogens with one attached hydrogen (secondary N) is 2. The number of hydrogen-bond acceptors (Lipinski definition) is 4. The minimum atomic E-state index is -0.862. The van der Waals surface area contributed by atoms with Crippen LogP contribution in [0.2, 0.25) is 0 Å². The predicted molar refractivity (Wildman–Crippen MR) is 73.3 cm³/mol. The lowest BCUT2D eigenvalue weighted by molar-refractivity contribution is -0.138. The molecule has 3 N–H and O–H groups in total. The SMILES string of the molecule is CCCC(Nc1nc(C)nc2[nH]c(C)cc12)C(=O)O. The van der Waals surface area contributed by atoms with Crippen LogP contribution in [-0.2, 0) is 4.79 Å². The monoisotopic (exact) mass is 262 g/mol. The van der Waals surface area contributed by atoms with Gasteiger partial charge < -0.3 is 15.4 Å². The van der Waals surface area contributed by atoms with Crippen molar-refractivity contribution in [1.29, 1.82) is 0 Å². The highest BCUT2D eigenvalue weighted by atomic mass is 16.4. The summed E-state index contributed by atoms with van der Waals surface area (Å²) in [4.78, 5) is 23.0. The molecule has 102 valence electrons. The molecule has 19 heavy (non-hydrogen) atoms. The van der Waals surface area contributed by atoms with Crippen molar-refractivity contribution in [1.82, 2.24) is 15.0 Å². The van der Waals surface area contributed by atoms with Gasteiger partial charge in [0.25, 0.3) is 0 Å². The van der Waals surface area contributed by atoms with E-state index in [1.807, 2.05) is 19.9 Å². The molecule has 2 rings (SSSR count). The van der Waals surface area contributed by atoms with Gasteiger partial charge in [0.15, 0.2) is 0 Å². The number of carboxylic acid groups (broad SMARTS) is 1. The van der Waals surface area contributed by atoms with E-state index in [2.05, 4.69) is 20.3 Å². The van der Waals surface area contributed by atoms with Gasteiger partial charge in [0.2, 0.25) is 0 Å². The Hall–Kier alpha value is -2.11. The van der Waals surface area contributed by atoms with Gasteiger partial charge >= 0.3 is 5.97 Å². The number of aromatic nitrogens is 3. The van der Waals surface area contributed by atoms with Crippen LogP contribution in [0.3, 0.4) is 0 Å². The third-order valence-corrected chi connectivity index (χ3v) is 2.92. The van der Waals surface area contributed by atoms with Gasteiger partial charge in [-0.3, -0.25) is 0 Å². The molecule has 0 amide bonds. The molecule has 0 aliphatic heterocycles. The lowest BCUT2D eigenvalue weighted by atomic mass is 10.1. The maximum absolute atomic E-state index is 11.2. The first-order chi connectivity index (χ1) is 9.01. The Bertz CT molecular complexity index is 606. The predicted octanol–water partition coefficient (Wildman–Crippen LogP) is 2.24. The number of H-pyrrole nitrogens is 1. The summed E-state index contributed by atoms with van der Waals surface area (Å²) in [5.74, 6) is 0.323. The molecule has 0 aliphatic rings. The van der Waals surface area contributed by atoms with Crippen molar-refractivity contribution in [2.75, 3.05) is 5.32 Å². The first kappa shape index (κ1) is 13.3. The van der Waals surface area contributed by atoms with Gasteiger partial charge in [0, 0.05) is 5.69 Å². The van der Waals surface area contributed by atoms with E-state index in [0.717, 1.165) is 23.1 Å². The smallest absolute Gasteiger partial charge is 0.326 e. The normalized spacial score (nSPS) is 12.6. The zero-order valence-corrected chi connectivity index (χ0v) is 11.3. The van der Waals surface area contributed by atoms with E-state index in [1.165, 1.54) is 0 Å². The van der Waals surface area contributed by atoms with E-state index < -0.39 is 12.0 Å². The van der Waals surface area contributed by atoms with Gasteiger partial charge in [0.05, 0.1) is 5.39 Å². The average Bonchev–Trinajstić information content (AvgIpc) is 2.68. The largest absolute Gasteiger partial charge is 0.480 e. The van der Waals surface area contributed by atoms with Crippen molar-refractivity contribution in [2.45, 2.75) is 39.7 Å². The van der Waals surface area contributed by atoms with Crippen LogP contribution in [0.1, 0.15) is 31.3 Å². The van der Waals surface area contributed by atoms with Crippen molar-refractivity contribution in [2.24, 2.45) is 0 Å². The molecule has 1 atom stereocenters. The van der Waals surface area contributed by atoms with Crippen molar-refractivity contribution in [3.8, 4) is 0 Å². The topological polar surface area (TPSA) is 90.9 Å². The summed E-state index contributed by atoms with van der Waals surface area (Å²) in [6.45, 7) is 5.68. The molecule has 0 radical (unpaired) electrons. The lowest BCUT2D eigenvalue weighted by Crippen LogP contribution is -2.29. The van der Waals surface area contributed by atoms with Crippen LogP contribution in [0.15, 0.2) is 6.07 Å². The van der Waals surface area contributed by atoms with Gasteiger partial charge in [0.1, 0.15) is 23.3 Å². The van der Waals surface area contributed by atoms with E-state index in [4.69, 9.17) is 0 Å². The van der Waals surface area contributed by atoms with Gasteiger partial charge in [-0.15, -0.1) is 0 Å². The summed E-state index contributed by atoms with van der Waals surface area (Å²) in [5, 5.41) is 13.0. The number of aryl methyl sites for hydroxylation is 2. The van der Waals surface area contributed by atoms with Gasteiger partial charge in [-0.2, -0.15) is 0 Å². The van der Waals surface area contributed by atoms with E-state index in [1.54, 1.807) is 6.92 Å². The van der Waals surface area contributed by atoms with Gasteiger partial charge in [-0.1, -0.05) is 13.3 Å². The summed E-state index contributed by atoms with van der Waals surface area (Å²) in [6.07, 6.45) is 1.35. The molecule has 6 nitrogen and oxygen atoms in total. The average molecular weight is 262 g/mol. The molecular weight excluding hydrogens is 244 g/mol. The number of anilines is 1. The molecule has 6 heteroatoms. The van der Waals surface area contributed by atoms with Crippen molar-refractivity contribution in [3.63, 3.8) is 0 Å². The van der Waals surface area contributed by atoms with Crippen LogP contribution in [0, 0.1) is 13.8 Å². The Balaban J connectivity index is 2.40. The fraction of sp³-hybridized carbons (Fsp3) is 0.462. The number of hydrogen-bond donors (Lipinski definition) is 3. The Morgan fingerprint density at radius 3 is 2.84 bits per heavy atom. The molecule has 2 aromatic rings. The molecular formula is C13H18N4O2. The van der Waals surface area contributed by atoms with E-state index in [9.17, 15) is 9.90 Å². The standard InChI is InChI=1S/C13H18N4O2/c1-4-5-10(13(18)19)17-12-9-6-7(2)14-11(9)15-8(3)16-12/h6,10H,4-5H2,1-3H3,(H,18,19)(H2,14,15,16,17). The molecule has 1 unspecified atom stereocenters. The summed E-state index contributed by atoms with van der Waals surface area (Å²) in [7, 11) is 0. The first-order valence-electron chi connectivity index (χ1n) is 6.34. The maximum Gasteiger partial charge on any atom is 0.326 e. The zero-order chi connectivity index (χ0) is 14.0. The second-order valence-corrected chi connectivity index (χ2v) is 4.66. The van der Waals surface area contributed by atoms with E-state index >= 15 is 0 Å². The molecule has 2 aromatic heterocycles. The number of nitrogens with zero attached hydrogens (tertiary/aromatic N) is 2. The van der Waals surface area contributed by atoms with Crippen molar-refractivity contribution < 1.29 is 9.90 Å². The fourth-order valence-electron chi connectivity index (χ4n) is 2.07. The molecule has 0 saturated carbocycles. The minimum Gasteiger partial charge on any atom is -0.480 e. The number of carboxylic acids is 1. The van der Waals surface area contributed by atoms with Gasteiger partial charge in [-0.25, -0.2) is 14.8 Å². The third-order valence-electron chi connectivity index (χ3n) is 2.92. The van der Waals surface area contributed by atoms with E-state index in [0.29, 0.717) is 18.1 Å². The Kier molecular flexibility index (Phi) is 3.69. The number of carbonyl (C=O) groups is 1. The third kappa shape index (κ3) is 2.83. The summed E-state index contributed by atoms with van der Waals surface area (Å²) < 4.78 is 0. The van der Waals surface area contributed by atoms with Crippen LogP contribution >= 0.6 is 0 Å². The molecule has 2 heterocycles. The quantitative estimate of drug-likeness (QED) is 0.768. The minimum absolute atomic E-state index is 0.559. The Morgan fingerprint density at radius 1 is 1.47 bits per heavy atom. The molecule has 0 bridgehead atoms. The molecule has 0 saturated heterocycles. The second-order valence-electron chi connectivity index (χ2n) is 4.66. The highest BCUT2D eigenvalue weighted by Crippen LogP contribution is 2.22. The number of fused-ring (bicyclic) bond motifs is 1. The first-order valence-corrected chi connectivity index (χ1v) is 6.34. The summed E-state index contributed by atoms with van der Waals surface area (Å²) in [5.41, 5.74) is 1.70. The van der Waals surface area contributed by atoms with Crippen LogP contribution in [0.5, 0.6) is 0 Å². The van der Waals surface area contributed by atoms with Crippen molar-refractivity contribution >= 4 is 22.8 Å². The lowest BCUT2D eigenvalue weighted by Gasteiger charge is -2.14. The Labute approximate surface area is 111 Å². The fourth-order valence-corrected chi connectivity index (χ4v) is 2.07. The maximum atomic E-state index is 11.2. The van der Waals surface area contributed by atoms with Crippen molar-refractivity contribution in [3.05, 3.63) is 17.6 Å². The number of aliphatic carboxylic acids is 1. The molecule has 0 aromatic carbocycles. The van der Waals surface area contributed by atoms with Gasteiger partial charge in [-0.05, 0) is 26.3 Å². The van der Waals surface area contributed by atoms with Crippen LogP contribution in [0.25, 0.3) is 11.0 Å². The highest BCUT2D eigenvalue weighted by molar-refractivity contribution is 5.90. The second kappa shape index (κ2) is 5.26. The zero-order valence-electron chi connectivity index (χ0n) is 11.3. The summed E-state index contributed by atoms with van der Waals surface area (Å²) in [6, 6.07) is 1.29.